The summed E-state index contributed by atoms with van der Waals surface area (Å²) in [7, 11) is 0. The van der Waals surface area contributed by atoms with Crippen LogP contribution in [0.3, 0.4) is 0 Å². The molecule has 3 aromatic rings. The first-order chi connectivity index (χ1) is 14.7. The lowest BCUT2D eigenvalue weighted by Gasteiger charge is -2.27. The third-order valence-electron chi connectivity index (χ3n) is 4.78. The van der Waals surface area contributed by atoms with Gasteiger partial charge >= 0.3 is 5.97 Å². The summed E-state index contributed by atoms with van der Waals surface area (Å²) in [6.45, 7) is 0. The number of ether oxygens (including phenoxy) is 1. The Morgan fingerprint density at radius 2 is 1.58 bits per heavy atom. The van der Waals surface area contributed by atoms with Gasteiger partial charge in [-0.25, -0.2) is 4.79 Å². The summed E-state index contributed by atoms with van der Waals surface area (Å²) in [6.07, 6.45) is 0.894. The van der Waals surface area contributed by atoms with Crippen LogP contribution in [0.2, 0.25) is 0 Å². The minimum Gasteiger partial charge on any atom is -0.508 e. The zero-order valence-corrected chi connectivity index (χ0v) is 16.2. The first kappa shape index (κ1) is 21.4. The maximum absolute atomic E-state index is 10.3. The number of nitrogen functional groups attached to an aromatic ring is 1. The minimum atomic E-state index is -1.08. The molecule has 0 fully saturated rings. The van der Waals surface area contributed by atoms with Gasteiger partial charge in [-0.05, 0) is 60.9 Å². The van der Waals surface area contributed by atoms with E-state index in [1.807, 2.05) is 0 Å². The lowest BCUT2D eigenvalue weighted by Crippen LogP contribution is -2.15. The molecule has 0 radical (unpaired) electrons. The van der Waals surface area contributed by atoms with E-state index in [4.69, 9.17) is 20.7 Å². The number of carboxylic acid groups (broad SMARTS) is 1. The Hall–Kier alpha value is -4.27. The van der Waals surface area contributed by atoms with Crippen molar-refractivity contribution < 1.29 is 40.2 Å². The van der Waals surface area contributed by atoms with Gasteiger partial charge in [0.05, 0.1) is 11.3 Å². The number of aromatic carboxylic acids is 1. The molecule has 1 aliphatic heterocycles. The van der Waals surface area contributed by atoms with Gasteiger partial charge in [-0.15, -0.1) is 0 Å². The molecule has 0 aromatic heterocycles. The molecule has 1 unspecified atom stereocenters. The van der Waals surface area contributed by atoms with Crippen LogP contribution < -0.4 is 10.5 Å². The summed E-state index contributed by atoms with van der Waals surface area (Å²) < 4.78 is 5.78. The topological polar surface area (TPSA) is 174 Å². The van der Waals surface area contributed by atoms with Crippen LogP contribution in [0.25, 0.3) is 0 Å². The molecule has 1 atom stereocenters. The van der Waals surface area contributed by atoms with Crippen molar-refractivity contribution in [3.63, 3.8) is 0 Å². The van der Waals surface area contributed by atoms with E-state index in [1.54, 1.807) is 18.2 Å². The summed E-state index contributed by atoms with van der Waals surface area (Å²) >= 11 is 0. The predicted octanol–water partition coefficient (Wildman–Crippen LogP) is 3.25. The molecule has 1 aliphatic rings. The Balaban J connectivity index is 0.000000210. The summed E-state index contributed by atoms with van der Waals surface area (Å²) in [6, 6.07) is 11.6. The molecule has 0 saturated carbocycles. The van der Waals surface area contributed by atoms with E-state index < -0.39 is 11.7 Å². The number of phenols is 5. The highest BCUT2D eigenvalue weighted by Gasteiger charge is 2.25. The van der Waals surface area contributed by atoms with Crippen molar-refractivity contribution >= 4 is 11.7 Å². The second-order valence-electron chi connectivity index (χ2n) is 6.89. The Bertz CT molecular complexity index is 1110. The highest BCUT2D eigenvalue weighted by Crippen LogP contribution is 2.43. The van der Waals surface area contributed by atoms with Gasteiger partial charge in [0.2, 0.25) is 0 Å². The van der Waals surface area contributed by atoms with Gasteiger partial charge in [0.15, 0.2) is 17.2 Å². The number of nitrogens with two attached hydrogens (primary N) is 1. The molecular weight excluding hydrogens is 406 g/mol. The lowest BCUT2D eigenvalue weighted by molar-refractivity contribution is 0.0696. The average molecular weight is 427 g/mol. The Labute approximate surface area is 176 Å². The molecule has 3 aromatic carbocycles. The number of anilines is 1. The Kier molecular flexibility index (Phi) is 5.96. The number of rotatable bonds is 2. The Morgan fingerprint density at radius 1 is 0.903 bits per heavy atom. The number of carbonyl (C=O) groups is 1. The zero-order chi connectivity index (χ0) is 22.7. The Morgan fingerprint density at radius 3 is 2.19 bits per heavy atom. The van der Waals surface area contributed by atoms with E-state index in [0.717, 1.165) is 11.6 Å². The number of benzene rings is 3. The molecule has 4 rings (SSSR count). The zero-order valence-electron chi connectivity index (χ0n) is 16.2. The van der Waals surface area contributed by atoms with Crippen molar-refractivity contribution in [2.75, 3.05) is 5.73 Å². The number of hydrogen-bond donors (Lipinski definition) is 7. The molecule has 9 heteroatoms. The van der Waals surface area contributed by atoms with Crippen LogP contribution in [0.15, 0.2) is 48.5 Å². The van der Waals surface area contributed by atoms with E-state index >= 15 is 0 Å². The van der Waals surface area contributed by atoms with Crippen molar-refractivity contribution in [3.05, 3.63) is 65.2 Å². The van der Waals surface area contributed by atoms with Gasteiger partial charge in [-0.1, -0.05) is 6.07 Å². The second kappa shape index (κ2) is 8.62. The highest BCUT2D eigenvalue weighted by atomic mass is 16.5. The number of aromatic hydroxyl groups is 5. The maximum Gasteiger partial charge on any atom is 0.335 e. The van der Waals surface area contributed by atoms with Gasteiger partial charge in [0.1, 0.15) is 23.4 Å². The molecule has 1 heterocycles. The van der Waals surface area contributed by atoms with Crippen LogP contribution in [0.5, 0.6) is 34.5 Å². The average Bonchev–Trinajstić information content (AvgIpc) is 2.74. The molecule has 0 aliphatic carbocycles. The number of fused-ring (bicyclic) bond motifs is 1. The molecule has 0 spiro atoms. The SMILES string of the molecule is Nc1ccc(C(=O)O)cc1O.Oc1cc(C2CCc3c(O)cccc3O2)cc(O)c1O. The molecule has 0 saturated heterocycles. The molecule has 31 heavy (non-hydrogen) atoms. The number of phenolic OH excluding ortho intramolecular Hbond substituents is 5. The number of hydrogen-bond acceptors (Lipinski definition) is 8. The second-order valence-corrected chi connectivity index (χ2v) is 6.89. The highest BCUT2D eigenvalue weighted by molar-refractivity contribution is 5.88. The van der Waals surface area contributed by atoms with Crippen molar-refractivity contribution in [3.8, 4) is 34.5 Å². The predicted molar refractivity (Wildman–Crippen MR) is 111 cm³/mol. The minimum absolute atomic E-state index is 0.0247. The maximum atomic E-state index is 10.3. The standard InChI is InChI=1S/C15H14O5.C7H7NO3/c16-10-2-1-3-14-9(10)4-5-13(20-14)8-6-11(17)15(19)12(18)7-8;8-5-2-1-4(7(10)11)3-6(5)9/h1-3,6-7,13,16-19H,4-5H2;1-3,9H,8H2,(H,10,11). The van der Waals surface area contributed by atoms with Crippen LogP contribution in [0, 0.1) is 0 Å². The third-order valence-corrected chi connectivity index (χ3v) is 4.78. The summed E-state index contributed by atoms with van der Waals surface area (Å²) in [5, 5.41) is 55.6. The van der Waals surface area contributed by atoms with Crippen molar-refractivity contribution in [1.29, 1.82) is 0 Å². The summed E-state index contributed by atoms with van der Waals surface area (Å²) in [5.41, 5.74) is 6.78. The van der Waals surface area contributed by atoms with Crippen molar-refractivity contribution in [1.82, 2.24) is 0 Å². The lowest BCUT2D eigenvalue weighted by atomic mass is 9.96. The van der Waals surface area contributed by atoms with Crippen LogP contribution in [-0.2, 0) is 6.42 Å². The molecule has 162 valence electrons. The fraction of sp³-hybridized carbons (Fsp3) is 0.136. The van der Waals surface area contributed by atoms with Gasteiger partial charge < -0.3 is 41.1 Å². The van der Waals surface area contributed by atoms with E-state index in [-0.39, 0.29) is 40.4 Å². The monoisotopic (exact) mass is 427 g/mol. The molecule has 8 N–H and O–H groups in total. The first-order valence-corrected chi connectivity index (χ1v) is 9.21. The quantitative estimate of drug-likeness (QED) is 0.239. The van der Waals surface area contributed by atoms with E-state index in [1.165, 1.54) is 24.3 Å². The molecular formula is C22H21NO8. The van der Waals surface area contributed by atoms with E-state index in [0.29, 0.717) is 24.2 Å². The van der Waals surface area contributed by atoms with Crippen molar-refractivity contribution in [2.45, 2.75) is 18.9 Å². The molecule has 0 amide bonds. The van der Waals surface area contributed by atoms with E-state index in [2.05, 4.69) is 0 Å². The van der Waals surface area contributed by atoms with Crippen LogP contribution in [0.1, 0.15) is 34.0 Å². The summed E-state index contributed by atoms with van der Waals surface area (Å²) in [5.74, 6) is -1.80. The van der Waals surface area contributed by atoms with Gasteiger partial charge in [-0.2, -0.15) is 0 Å². The first-order valence-electron chi connectivity index (χ1n) is 9.21. The molecule has 0 bridgehead atoms. The normalized spacial score (nSPS) is 14.5. The van der Waals surface area contributed by atoms with Gasteiger partial charge in [-0.3, -0.25) is 0 Å². The van der Waals surface area contributed by atoms with Gasteiger partial charge in [0, 0.05) is 5.56 Å². The van der Waals surface area contributed by atoms with Crippen molar-refractivity contribution in [2.24, 2.45) is 0 Å². The largest absolute Gasteiger partial charge is 0.508 e. The fourth-order valence-electron chi connectivity index (χ4n) is 3.13. The fourth-order valence-corrected chi connectivity index (χ4v) is 3.13. The smallest absolute Gasteiger partial charge is 0.335 e. The van der Waals surface area contributed by atoms with E-state index in [9.17, 15) is 25.2 Å². The van der Waals surface area contributed by atoms with Crippen LogP contribution in [0.4, 0.5) is 5.69 Å². The number of carboxylic acids is 1. The van der Waals surface area contributed by atoms with Crippen LogP contribution >= 0.6 is 0 Å². The molecule has 9 nitrogen and oxygen atoms in total. The third kappa shape index (κ3) is 4.67. The van der Waals surface area contributed by atoms with Gasteiger partial charge in [0.25, 0.3) is 0 Å². The summed E-state index contributed by atoms with van der Waals surface area (Å²) in [4.78, 5) is 10.3. The van der Waals surface area contributed by atoms with Crippen LogP contribution in [-0.4, -0.2) is 36.6 Å².